The van der Waals surface area contributed by atoms with E-state index < -0.39 is 0 Å². The third-order valence-electron chi connectivity index (χ3n) is 5.47. The molecule has 1 aliphatic rings. The molecular formula is C24H21N5OS. The second-order valence-corrected chi connectivity index (χ2v) is 7.78. The van der Waals surface area contributed by atoms with Crippen LogP contribution in [0.2, 0.25) is 0 Å². The molecule has 1 saturated heterocycles. The highest BCUT2D eigenvalue weighted by atomic mass is 32.1. The monoisotopic (exact) mass is 427 g/mol. The quantitative estimate of drug-likeness (QED) is 0.467. The molecule has 0 unspecified atom stereocenters. The zero-order valence-electron chi connectivity index (χ0n) is 16.7. The van der Waals surface area contributed by atoms with Crippen LogP contribution in [0.25, 0.3) is 5.69 Å². The van der Waals surface area contributed by atoms with Gasteiger partial charge in [0.15, 0.2) is 5.11 Å². The summed E-state index contributed by atoms with van der Waals surface area (Å²) in [7, 11) is 0. The third kappa shape index (κ3) is 3.75. The molecule has 0 spiro atoms. The largest absolute Gasteiger partial charge is 0.508 e. The van der Waals surface area contributed by atoms with Crippen molar-refractivity contribution < 1.29 is 5.11 Å². The van der Waals surface area contributed by atoms with Crippen molar-refractivity contribution in [1.29, 1.82) is 0 Å². The molecule has 0 amide bonds. The van der Waals surface area contributed by atoms with Gasteiger partial charge >= 0.3 is 0 Å². The van der Waals surface area contributed by atoms with E-state index in [0.29, 0.717) is 11.7 Å². The fourth-order valence-electron chi connectivity index (χ4n) is 4.05. The van der Waals surface area contributed by atoms with Crippen LogP contribution in [0, 0.1) is 0 Å². The highest BCUT2D eigenvalue weighted by Crippen LogP contribution is 2.40. The van der Waals surface area contributed by atoms with Crippen LogP contribution in [-0.2, 0) is 6.54 Å². The second-order valence-electron chi connectivity index (χ2n) is 7.40. The van der Waals surface area contributed by atoms with Crippen molar-refractivity contribution in [2.24, 2.45) is 0 Å². The van der Waals surface area contributed by atoms with E-state index in [1.807, 2.05) is 60.8 Å². The van der Waals surface area contributed by atoms with Crippen molar-refractivity contribution in [1.82, 2.24) is 24.8 Å². The van der Waals surface area contributed by atoms with Crippen LogP contribution in [0.4, 0.5) is 0 Å². The predicted molar refractivity (Wildman–Crippen MR) is 123 cm³/mol. The molecule has 6 nitrogen and oxygen atoms in total. The van der Waals surface area contributed by atoms with Crippen molar-refractivity contribution in [2.75, 3.05) is 0 Å². The maximum atomic E-state index is 9.71. The number of nitrogens with zero attached hydrogens (tertiary/aromatic N) is 4. The summed E-state index contributed by atoms with van der Waals surface area (Å²) in [4.78, 5) is 11.3. The number of phenols is 1. The number of thiocarbonyl (C=S) groups is 1. The lowest BCUT2D eigenvalue weighted by molar-refractivity contribution is 0.299. The molecule has 2 atom stereocenters. The van der Waals surface area contributed by atoms with E-state index in [2.05, 4.69) is 30.8 Å². The van der Waals surface area contributed by atoms with Crippen molar-refractivity contribution >= 4 is 17.3 Å². The fourth-order valence-corrected chi connectivity index (χ4v) is 4.35. The van der Waals surface area contributed by atoms with Crippen LogP contribution >= 0.6 is 12.2 Å². The lowest BCUT2D eigenvalue weighted by Gasteiger charge is -2.28. The van der Waals surface area contributed by atoms with Gasteiger partial charge in [-0.3, -0.25) is 9.97 Å². The van der Waals surface area contributed by atoms with Crippen molar-refractivity contribution in [3.63, 3.8) is 0 Å². The Morgan fingerprint density at radius 2 is 1.68 bits per heavy atom. The van der Waals surface area contributed by atoms with Crippen molar-refractivity contribution in [2.45, 2.75) is 18.6 Å². The lowest BCUT2D eigenvalue weighted by atomic mass is 10.0. The van der Waals surface area contributed by atoms with E-state index in [1.165, 1.54) is 0 Å². The smallest absolute Gasteiger partial charge is 0.170 e. The molecule has 7 heteroatoms. The number of rotatable bonds is 5. The highest BCUT2D eigenvalue weighted by Gasteiger charge is 2.41. The van der Waals surface area contributed by atoms with Gasteiger partial charge in [0.05, 0.1) is 30.0 Å². The lowest BCUT2D eigenvalue weighted by Crippen LogP contribution is -2.30. The van der Waals surface area contributed by atoms with Gasteiger partial charge in [0.25, 0.3) is 0 Å². The van der Waals surface area contributed by atoms with Crippen molar-refractivity contribution in [3.05, 3.63) is 108 Å². The van der Waals surface area contributed by atoms with E-state index >= 15 is 0 Å². The van der Waals surface area contributed by atoms with Crippen LogP contribution in [0.3, 0.4) is 0 Å². The van der Waals surface area contributed by atoms with E-state index in [9.17, 15) is 5.11 Å². The Balaban J connectivity index is 1.60. The SMILES string of the molecule is Oc1ccc(-n2cccc2[C@@H]2[C@H](c3ccccn3)NC(=S)N2Cc2ccccn2)cc1. The normalized spacial score (nSPS) is 18.2. The average Bonchev–Trinajstić information content (AvgIpc) is 3.40. The van der Waals surface area contributed by atoms with E-state index in [4.69, 9.17) is 12.2 Å². The Bertz CT molecular complexity index is 1180. The molecule has 154 valence electrons. The van der Waals surface area contributed by atoms with Crippen LogP contribution in [-0.4, -0.2) is 29.7 Å². The first kappa shape index (κ1) is 19.3. The minimum Gasteiger partial charge on any atom is -0.508 e. The number of nitrogens with one attached hydrogen (secondary N) is 1. The molecule has 1 fully saturated rings. The van der Waals surface area contributed by atoms with Crippen LogP contribution in [0.5, 0.6) is 5.75 Å². The molecule has 31 heavy (non-hydrogen) atoms. The number of aromatic nitrogens is 3. The summed E-state index contributed by atoms with van der Waals surface area (Å²) >= 11 is 5.76. The molecule has 1 aliphatic heterocycles. The number of phenolic OH excluding ortho intramolecular Hbond substituents is 1. The molecule has 0 radical (unpaired) electrons. The molecular weight excluding hydrogens is 406 g/mol. The Labute approximate surface area is 185 Å². The number of pyridine rings is 2. The Hall–Kier alpha value is -3.71. The van der Waals surface area contributed by atoms with Gasteiger partial charge < -0.3 is 19.9 Å². The average molecular weight is 428 g/mol. The third-order valence-corrected chi connectivity index (χ3v) is 5.82. The van der Waals surface area contributed by atoms with Gasteiger partial charge in [-0.1, -0.05) is 12.1 Å². The summed E-state index contributed by atoms with van der Waals surface area (Å²) < 4.78 is 2.13. The Morgan fingerprint density at radius 3 is 2.39 bits per heavy atom. The summed E-state index contributed by atoms with van der Waals surface area (Å²) in [6.45, 7) is 0.585. The minimum absolute atomic E-state index is 0.0896. The molecule has 0 aliphatic carbocycles. The topological polar surface area (TPSA) is 66.2 Å². The molecule has 5 rings (SSSR count). The number of aromatic hydroxyl groups is 1. The molecule has 4 heterocycles. The first-order chi connectivity index (χ1) is 15.2. The summed E-state index contributed by atoms with van der Waals surface area (Å²) in [5.41, 5.74) is 3.91. The first-order valence-electron chi connectivity index (χ1n) is 10.1. The van der Waals surface area contributed by atoms with Gasteiger partial charge in [0, 0.05) is 30.0 Å². The fraction of sp³-hybridized carbons (Fsp3) is 0.125. The summed E-state index contributed by atoms with van der Waals surface area (Å²) in [5.74, 6) is 0.240. The molecule has 1 aromatic carbocycles. The van der Waals surface area contributed by atoms with Crippen LogP contribution < -0.4 is 5.32 Å². The molecule has 0 bridgehead atoms. The summed E-state index contributed by atoms with van der Waals surface area (Å²) in [6.07, 6.45) is 5.63. The molecule has 3 aromatic heterocycles. The van der Waals surface area contributed by atoms with Crippen LogP contribution in [0.1, 0.15) is 29.2 Å². The number of hydrogen-bond donors (Lipinski definition) is 2. The maximum absolute atomic E-state index is 9.71. The molecule has 0 saturated carbocycles. The van der Waals surface area contributed by atoms with Gasteiger partial charge in [-0.25, -0.2) is 0 Å². The maximum Gasteiger partial charge on any atom is 0.170 e. The first-order valence-corrected chi connectivity index (χ1v) is 10.5. The van der Waals surface area contributed by atoms with Crippen LogP contribution in [0.15, 0.2) is 91.4 Å². The van der Waals surface area contributed by atoms with Gasteiger partial charge in [-0.15, -0.1) is 0 Å². The van der Waals surface area contributed by atoms with Gasteiger partial charge in [0.2, 0.25) is 0 Å². The van der Waals surface area contributed by atoms with E-state index in [1.54, 1.807) is 24.5 Å². The molecule has 2 N–H and O–H groups in total. The van der Waals surface area contributed by atoms with Crippen molar-refractivity contribution in [3.8, 4) is 11.4 Å². The van der Waals surface area contributed by atoms with Gasteiger partial charge in [-0.2, -0.15) is 0 Å². The zero-order valence-corrected chi connectivity index (χ0v) is 17.5. The standard InChI is InChI=1S/C24H21N5OS/c30-19-11-9-18(10-12-19)28-15-5-8-21(28)23-22(20-7-2-4-14-26-20)27-24(31)29(23)16-17-6-1-3-13-25-17/h1-15,22-23,30H,16H2,(H,27,31)/t22-,23+/m0/s1. The summed E-state index contributed by atoms with van der Waals surface area (Å²) in [5, 5.41) is 13.9. The van der Waals surface area contributed by atoms with Gasteiger partial charge in [-0.05, 0) is 72.9 Å². The van der Waals surface area contributed by atoms with Gasteiger partial charge in [0.1, 0.15) is 5.75 Å². The molecule has 4 aromatic rings. The number of hydrogen-bond acceptors (Lipinski definition) is 4. The van der Waals surface area contributed by atoms with E-state index in [-0.39, 0.29) is 17.8 Å². The van der Waals surface area contributed by atoms with E-state index in [0.717, 1.165) is 22.8 Å². The zero-order chi connectivity index (χ0) is 21.2. The predicted octanol–water partition coefficient (Wildman–Crippen LogP) is 4.15. The summed E-state index contributed by atoms with van der Waals surface area (Å²) in [6, 6.07) is 22.9. The highest BCUT2D eigenvalue weighted by molar-refractivity contribution is 7.80. The second kappa shape index (κ2) is 8.20. The minimum atomic E-state index is -0.108. The Kier molecular flexibility index (Phi) is 5.09. The number of benzene rings is 1. The Morgan fingerprint density at radius 1 is 0.903 bits per heavy atom.